The highest BCUT2D eigenvalue weighted by Gasteiger charge is 2.11. The Labute approximate surface area is 146 Å². The number of rotatable bonds is 5. The molecule has 1 aromatic carbocycles. The molecule has 2 heterocycles. The predicted octanol–water partition coefficient (Wildman–Crippen LogP) is 3.16. The normalized spacial score (nSPS) is 10.3. The molecule has 0 radical (unpaired) electrons. The second-order valence-corrected chi connectivity index (χ2v) is 5.66. The molecule has 0 spiro atoms. The number of aryl methyl sites for hydroxylation is 2. The van der Waals surface area contributed by atoms with Gasteiger partial charge < -0.3 is 10.6 Å². The number of anilines is 2. The third-order valence-electron chi connectivity index (χ3n) is 3.68. The van der Waals surface area contributed by atoms with Crippen molar-refractivity contribution >= 4 is 17.4 Å². The molecule has 0 aliphatic carbocycles. The van der Waals surface area contributed by atoms with Gasteiger partial charge in [0.15, 0.2) is 0 Å². The third-order valence-corrected chi connectivity index (χ3v) is 3.68. The van der Waals surface area contributed by atoms with E-state index >= 15 is 0 Å². The number of hydrogen-bond acceptors (Lipinski definition) is 5. The van der Waals surface area contributed by atoms with E-state index in [1.54, 1.807) is 25.4 Å². The molecule has 3 aromatic rings. The number of carbonyl (C=O) groups excluding carboxylic acids is 1. The lowest BCUT2D eigenvalue weighted by atomic mass is 10.2. The van der Waals surface area contributed by atoms with Crippen LogP contribution in [-0.2, 0) is 6.54 Å². The first-order chi connectivity index (χ1) is 12.1. The van der Waals surface area contributed by atoms with Crippen LogP contribution in [0.4, 0.5) is 11.5 Å². The SMILES string of the molecule is Cc1nc(Nc2ccccc2C)cc(C(=O)NCc2ccncc2)n1. The first kappa shape index (κ1) is 16.6. The number of amides is 1. The predicted molar refractivity (Wildman–Crippen MR) is 96.6 cm³/mol. The Kier molecular flexibility index (Phi) is 4.99. The van der Waals surface area contributed by atoms with E-state index < -0.39 is 0 Å². The summed E-state index contributed by atoms with van der Waals surface area (Å²) >= 11 is 0. The first-order valence-electron chi connectivity index (χ1n) is 7.97. The van der Waals surface area contributed by atoms with Crippen molar-refractivity contribution in [3.05, 3.63) is 77.5 Å². The van der Waals surface area contributed by atoms with Crippen molar-refractivity contribution in [3.8, 4) is 0 Å². The summed E-state index contributed by atoms with van der Waals surface area (Å²) in [7, 11) is 0. The second-order valence-electron chi connectivity index (χ2n) is 5.66. The van der Waals surface area contributed by atoms with Gasteiger partial charge in [0.05, 0.1) is 0 Å². The molecule has 25 heavy (non-hydrogen) atoms. The van der Waals surface area contributed by atoms with Gasteiger partial charge in [0.25, 0.3) is 5.91 Å². The van der Waals surface area contributed by atoms with E-state index in [9.17, 15) is 4.79 Å². The maximum Gasteiger partial charge on any atom is 0.270 e. The van der Waals surface area contributed by atoms with Gasteiger partial charge in [-0.3, -0.25) is 9.78 Å². The number of carbonyl (C=O) groups is 1. The number of benzene rings is 1. The van der Waals surface area contributed by atoms with Crippen LogP contribution in [0, 0.1) is 13.8 Å². The van der Waals surface area contributed by atoms with Gasteiger partial charge in [0.1, 0.15) is 17.3 Å². The minimum absolute atomic E-state index is 0.241. The molecular weight excluding hydrogens is 314 g/mol. The van der Waals surface area contributed by atoms with E-state index in [1.807, 2.05) is 43.3 Å². The highest BCUT2D eigenvalue weighted by Crippen LogP contribution is 2.19. The minimum atomic E-state index is -0.241. The molecule has 0 bridgehead atoms. The van der Waals surface area contributed by atoms with Crippen molar-refractivity contribution in [1.29, 1.82) is 0 Å². The van der Waals surface area contributed by atoms with Crippen molar-refractivity contribution in [2.24, 2.45) is 0 Å². The van der Waals surface area contributed by atoms with Crippen molar-refractivity contribution in [2.75, 3.05) is 5.32 Å². The summed E-state index contributed by atoms with van der Waals surface area (Å²) in [5.74, 6) is 0.888. The van der Waals surface area contributed by atoms with E-state index in [0.717, 1.165) is 16.8 Å². The molecule has 2 aromatic heterocycles. The topological polar surface area (TPSA) is 79.8 Å². The lowest BCUT2D eigenvalue weighted by molar-refractivity contribution is 0.0945. The molecule has 0 fully saturated rings. The van der Waals surface area contributed by atoms with Gasteiger partial charge in [-0.2, -0.15) is 0 Å². The van der Waals surface area contributed by atoms with Crippen LogP contribution in [0.1, 0.15) is 27.4 Å². The fourth-order valence-electron chi connectivity index (χ4n) is 2.37. The number of para-hydroxylation sites is 1. The summed E-state index contributed by atoms with van der Waals surface area (Å²) < 4.78 is 0. The number of nitrogens with one attached hydrogen (secondary N) is 2. The Morgan fingerprint density at radius 2 is 1.80 bits per heavy atom. The maximum absolute atomic E-state index is 12.4. The molecule has 0 aliphatic rings. The van der Waals surface area contributed by atoms with Crippen LogP contribution in [-0.4, -0.2) is 20.9 Å². The van der Waals surface area contributed by atoms with E-state index in [0.29, 0.717) is 23.9 Å². The van der Waals surface area contributed by atoms with Gasteiger partial charge in [-0.25, -0.2) is 9.97 Å². The fraction of sp³-hybridized carbons (Fsp3) is 0.158. The lowest BCUT2D eigenvalue weighted by Gasteiger charge is -2.11. The van der Waals surface area contributed by atoms with Crippen LogP contribution in [0.3, 0.4) is 0 Å². The first-order valence-corrected chi connectivity index (χ1v) is 7.97. The maximum atomic E-state index is 12.4. The molecule has 6 heteroatoms. The van der Waals surface area contributed by atoms with Crippen LogP contribution in [0.15, 0.2) is 54.9 Å². The second kappa shape index (κ2) is 7.53. The van der Waals surface area contributed by atoms with Crippen molar-refractivity contribution < 1.29 is 4.79 Å². The van der Waals surface area contributed by atoms with Crippen LogP contribution in [0.2, 0.25) is 0 Å². The van der Waals surface area contributed by atoms with Gasteiger partial charge in [0, 0.05) is 30.7 Å². The highest BCUT2D eigenvalue weighted by atomic mass is 16.1. The molecule has 1 amide bonds. The molecule has 126 valence electrons. The summed E-state index contributed by atoms with van der Waals surface area (Å²) in [5.41, 5.74) is 3.36. The van der Waals surface area contributed by atoms with Gasteiger partial charge in [-0.05, 0) is 43.2 Å². The molecule has 2 N–H and O–H groups in total. The summed E-state index contributed by atoms with van der Waals surface area (Å²) in [4.78, 5) is 25.0. The Morgan fingerprint density at radius 1 is 1.04 bits per heavy atom. The van der Waals surface area contributed by atoms with Crippen LogP contribution >= 0.6 is 0 Å². The summed E-state index contributed by atoms with van der Waals surface area (Å²) in [5, 5.41) is 6.10. The van der Waals surface area contributed by atoms with E-state index in [-0.39, 0.29) is 5.91 Å². The molecule has 0 saturated heterocycles. The smallest absolute Gasteiger partial charge is 0.270 e. The average molecular weight is 333 g/mol. The highest BCUT2D eigenvalue weighted by molar-refractivity contribution is 5.93. The Morgan fingerprint density at radius 3 is 2.56 bits per heavy atom. The fourth-order valence-corrected chi connectivity index (χ4v) is 2.37. The zero-order valence-electron chi connectivity index (χ0n) is 14.2. The van der Waals surface area contributed by atoms with Gasteiger partial charge in [-0.1, -0.05) is 18.2 Å². The largest absolute Gasteiger partial charge is 0.347 e. The van der Waals surface area contributed by atoms with Crippen molar-refractivity contribution in [1.82, 2.24) is 20.3 Å². The summed E-state index contributed by atoms with van der Waals surface area (Å²) in [6.45, 7) is 4.20. The van der Waals surface area contributed by atoms with Gasteiger partial charge in [-0.15, -0.1) is 0 Å². The third kappa shape index (κ3) is 4.38. The molecular formula is C19H19N5O. The van der Waals surface area contributed by atoms with Crippen LogP contribution < -0.4 is 10.6 Å². The molecule has 0 saturated carbocycles. The van der Waals surface area contributed by atoms with Gasteiger partial charge >= 0.3 is 0 Å². The quantitative estimate of drug-likeness (QED) is 0.750. The number of aromatic nitrogens is 3. The van der Waals surface area contributed by atoms with Crippen molar-refractivity contribution in [2.45, 2.75) is 20.4 Å². The van der Waals surface area contributed by atoms with E-state index in [2.05, 4.69) is 25.6 Å². The summed E-state index contributed by atoms with van der Waals surface area (Å²) in [6.07, 6.45) is 3.39. The lowest BCUT2D eigenvalue weighted by Crippen LogP contribution is -2.24. The Bertz CT molecular complexity index is 880. The molecule has 0 aliphatic heterocycles. The molecule has 3 rings (SSSR count). The van der Waals surface area contributed by atoms with E-state index in [4.69, 9.17) is 0 Å². The van der Waals surface area contributed by atoms with Gasteiger partial charge in [0.2, 0.25) is 0 Å². The molecule has 0 unspecified atom stereocenters. The zero-order valence-corrected chi connectivity index (χ0v) is 14.2. The Hall–Kier alpha value is -3.28. The van der Waals surface area contributed by atoms with Crippen molar-refractivity contribution in [3.63, 3.8) is 0 Å². The average Bonchev–Trinajstić information content (AvgIpc) is 2.62. The number of hydrogen-bond donors (Lipinski definition) is 2. The minimum Gasteiger partial charge on any atom is -0.347 e. The standard InChI is InChI=1S/C19H19N5O/c1-13-5-3-4-6-16(13)24-18-11-17(22-14(2)23-18)19(25)21-12-15-7-9-20-10-8-15/h3-11H,12H2,1-2H3,(H,21,25)(H,22,23,24). The van der Waals surface area contributed by atoms with Crippen LogP contribution in [0.5, 0.6) is 0 Å². The molecule has 6 nitrogen and oxygen atoms in total. The summed E-state index contributed by atoms with van der Waals surface area (Å²) in [6, 6.07) is 13.3. The van der Waals surface area contributed by atoms with E-state index in [1.165, 1.54) is 0 Å². The van der Waals surface area contributed by atoms with Crippen LogP contribution in [0.25, 0.3) is 0 Å². The Balaban J connectivity index is 1.74. The monoisotopic (exact) mass is 333 g/mol. The zero-order chi connectivity index (χ0) is 17.6. The number of nitrogens with zero attached hydrogens (tertiary/aromatic N) is 3. The molecule has 0 atom stereocenters. The number of pyridine rings is 1.